The van der Waals surface area contributed by atoms with Crippen LogP contribution in [-0.4, -0.2) is 74.5 Å². The molecule has 43 heavy (non-hydrogen) atoms. The minimum Gasteiger partial charge on any atom is -0.394 e. The highest BCUT2D eigenvalue weighted by atomic mass is 16.6. The average Bonchev–Trinajstić information content (AvgIpc) is 2.94. The molecule has 4 saturated carbocycles. The molecule has 0 aromatic heterocycles. The minimum atomic E-state index is -1.49. The molecule has 7 nitrogen and oxygen atoms in total. The highest BCUT2D eigenvalue weighted by Crippen LogP contribution is 2.76. The molecule has 6 rings (SSSR count). The maximum absolute atomic E-state index is 13.1. The summed E-state index contributed by atoms with van der Waals surface area (Å²) < 4.78 is 6.00. The van der Waals surface area contributed by atoms with Crippen molar-refractivity contribution in [1.82, 2.24) is 0 Å². The van der Waals surface area contributed by atoms with Crippen molar-refractivity contribution in [3.63, 3.8) is 0 Å². The summed E-state index contributed by atoms with van der Waals surface area (Å²) >= 11 is 0. The predicted molar refractivity (Wildman–Crippen MR) is 164 cm³/mol. The van der Waals surface area contributed by atoms with Crippen LogP contribution in [0, 0.1) is 50.2 Å². The van der Waals surface area contributed by atoms with Gasteiger partial charge in [-0.25, -0.2) is 0 Å². The molecule has 7 unspecified atom stereocenters. The third kappa shape index (κ3) is 4.23. The summed E-state index contributed by atoms with van der Waals surface area (Å²) in [6.07, 6.45) is 4.19. The molecule has 5 aliphatic carbocycles. The van der Waals surface area contributed by atoms with E-state index in [0.29, 0.717) is 24.0 Å². The predicted octanol–water partition coefficient (Wildman–Crippen LogP) is 4.56. The largest absolute Gasteiger partial charge is 0.394 e. The van der Waals surface area contributed by atoms with Gasteiger partial charge in [0.1, 0.15) is 36.3 Å². The second kappa shape index (κ2) is 10.1. The van der Waals surface area contributed by atoms with Crippen LogP contribution < -0.4 is 0 Å². The van der Waals surface area contributed by atoms with E-state index in [-0.39, 0.29) is 33.0 Å². The van der Waals surface area contributed by atoms with Crippen LogP contribution in [0.1, 0.15) is 113 Å². The van der Waals surface area contributed by atoms with Gasteiger partial charge in [0.25, 0.3) is 0 Å². The Morgan fingerprint density at radius 2 is 1.56 bits per heavy atom. The van der Waals surface area contributed by atoms with Crippen molar-refractivity contribution in [3.8, 4) is 0 Å². The number of carbonyl (C=O) groups is 1. The van der Waals surface area contributed by atoms with Crippen molar-refractivity contribution in [3.05, 3.63) is 11.6 Å². The van der Waals surface area contributed by atoms with Gasteiger partial charge in [-0.3, -0.25) is 4.79 Å². The standard InChI is InChI=1S/C36H58O7/c1-31(2)14-16-36(30(42)29-28(41)27(40)26(39)22(19-37)43-29)17-15-34(6)20(21(36)18-31)8-9-24-33(5)12-11-25(38)32(3,4)23(33)10-13-35(24,34)7/h8,21-24,26-30,37,39-42H,9-19H2,1-7H3/t21?,22?,23?,24?,26-,27?,28?,29-,30?,33-,34+,35+,36-/m0/s1. The fraction of sp³-hybridized carbons (Fsp3) is 0.917. The number of carbonyl (C=O) groups excluding carboxylic acids is 1. The second-order valence-corrected chi connectivity index (χ2v) is 17.8. The number of ketones is 1. The first-order valence-corrected chi connectivity index (χ1v) is 17.1. The lowest BCUT2D eigenvalue weighted by atomic mass is 9.33. The zero-order valence-electron chi connectivity index (χ0n) is 27.6. The SMILES string of the molecule is CC1(C)CC[C@]2(C(O)[C@H]3OC(CO)[C@H](O)C(O)C3O)CC[C@]3(C)C(=CCC4[C@@]5(C)CCC(=O)C(C)(C)C5CC[C@]43C)C2C1. The van der Waals surface area contributed by atoms with Crippen LogP contribution in [-0.2, 0) is 9.53 Å². The second-order valence-electron chi connectivity index (χ2n) is 17.8. The third-order valence-electron chi connectivity index (χ3n) is 15.3. The molecule has 0 bridgehead atoms. The van der Waals surface area contributed by atoms with Crippen LogP contribution in [0.25, 0.3) is 0 Å². The molecule has 1 saturated heterocycles. The normalized spacial score (nSPS) is 53.0. The maximum atomic E-state index is 13.1. The molecule has 5 N–H and O–H groups in total. The lowest BCUT2D eigenvalue weighted by Crippen LogP contribution is -2.68. The molecular formula is C36H58O7. The third-order valence-corrected chi connectivity index (χ3v) is 15.3. The lowest BCUT2D eigenvalue weighted by molar-refractivity contribution is -0.272. The summed E-state index contributed by atoms with van der Waals surface area (Å²) in [6, 6.07) is 0. The average molecular weight is 603 g/mol. The molecule has 0 spiro atoms. The van der Waals surface area contributed by atoms with Gasteiger partial charge < -0.3 is 30.3 Å². The van der Waals surface area contributed by atoms with E-state index in [1.54, 1.807) is 0 Å². The quantitative estimate of drug-likeness (QED) is 0.300. The van der Waals surface area contributed by atoms with E-state index in [0.717, 1.165) is 57.8 Å². The van der Waals surface area contributed by atoms with Crippen molar-refractivity contribution < 1.29 is 35.1 Å². The van der Waals surface area contributed by atoms with Crippen molar-refractivity contribution in [2.75, 3.05) is 6.61 Å². The topological polar surface area (TPSA) is 127 Å². The van der Waals surface area contributed by atoms with Crippen LogP contribution in [0.2, 0.25) is 0 Å². The zero-order chi connectivity index (χ0) is 31.5. The molecule has 1 heterocycles. The van der Waals surface area contributed by atoms with E-state index in [1.807, 2.05) is 0 Å². The number of aliphatic hydroxyl groups excluding tert-OH is 5. The number of allylic oxidation sites excluding steroid dienone is 2. The van der Waals surface area contributed by atoms with Gasteiger partial charge in [0, 0.05) is 17.3 Å². The van der Waals surface area contributed by atoms with E-state index in [9.17, 15) is 30.3 Å². The fourth-order valence-electron chi connectivity index (χ4n) is 12.3. The van der Waals surface area contributed by atoms with E-state index < -0.39 is 48.6 Å². The fourth-order valence-corrected chi connectivity index (χ4v) is 12.3. The Kier molecular flexibility index (Phi) is 7.53. The Morgan fingerprint density at radius 3 is 2.23 bits per heavy atom. The Morgan fingerprint density at radius 1 is 0.884 bits per heavy atom. The molecule has 244 valence electrons. The van der Waals surface area contributed by atoms with Crippen molar-refractivity contribution in [2.24, 2.45) is 50.2 Å². The van der Waals surface area contributed by atoms with Crippen LogP contribution in [0.15, 0.2) is 11.6 Å². The van der Waals surface area contributed by atoms with Gasteiger partial charge in [-0.15, -0.1) is 0 Å². The Bertz CT molecular complexity index is 1160. The van der Waals surface area contributed by atoms with Gasteiger partial charge in [0.05, 0.1) is 12.7 Å². The highest BCUT2D eigenvalue weighted by Gasteiger charge is 2.69. The summed E-state index contributed by atoms with van der Waals surface area (Å²) in [7, 11) is 0. The van der Waals surface area contributed by atoms with E-state index in [4.69, 9.17) is 4.74 Å². The van der Waals surface area contributed by atoms with Crippen LogP contribution in [0.4, 0.5) is 0 Å². The summed E-state index contributed by atoms with van der Waals surface area (Å²) in [4.78, 5) is 13.1. The molecule has 1 aliphatic heterocycles. The summed E-state index contributed by atoms with van der Waals surface area (Å²) in [5, 5.41) is 54.3. The van der Waals surface area contributed by atoms with E-state index >= 15 is 0 Å². The molecule has 5 fully saturated rings. The number of aliphatic hydroxyl groups is 5. The van der Waals surface area contributed by atoms with Crippen LogP contribution in [0.5, 0.6) is 0 Å². The van der Waals surface area contributed by atoms with Gasteiger partial charge in [0.15, 0.2) is 0 Å². The van der Waals surface area contributed by atoms with Crippen molar-refractivity contribution >= 4 is 5.78 Å². The van der Waals surface area contributed by atoms with Crippen LogP contribution in [0.3, 0.4) is 0 Å². The molecule has 13 atom stereocenters. The number of Topliss-reactive ketones (excluding diaryl/α,β-unsaturated/α-hetero) is 1. The number of hydrogen-bond acceptors (Lipinski definition) is 7. The number of ether oxygens (including phenoxy) is 1. The molecule has 0 aromatic carbocycles. The first-order chi connectivity index (χ1) is 19.9. The summed E-state index contributed by atoms with van der Waals surface area (Å²) in [6.45, 7) is 16.0. The summed E-state index contributed by atoms with van der Waals surface area (Å²) in [5.41, 5.74) is 0.861. The number of rotatable bonds is 3. The molecule has 7 heteroatoms. The molecule has 0 radical (unpaired) electrons. The first kappa shape index (κ1) is 32.1. The van der Waals surface area contributed by atoms with Gasteiger partial charge in [-0.1, -0.05) is 60.1 Å². The monoisotopic (exact) mass is 602 g/mol. The minimum absolute atomic E-state index is 0.0494. The van der Waals surface area contributed by atoms with Crippen molar-refractivity contribution in [1.29, 1.82) is 0 Å². The van der Waals surface area contributed by atoms with Gasteiger partial charge in [-0.2, -0.15) is 0 Å². The molecular weight excluding hydrogens is 544 g/mol. The Hall–Kier alpha value is -0.830. The summed E-state index contributed by atoms with van der Waals surface area (Å²) in [5.74, 6) is 1.40. The van der Waals surface area contributed by atoms with Crippen molar-refractivity contribution in [2.45, 2.75) is 149 Å². The van der Waals surface area contributed by atoms with E-state index in [1.165, 1.54) is 5.57 Å². The molecule has 6 aliphatic rings. The number of hydrogen-bond donors (Lipinski definition) is 5. The van der Waals surface area contributed by atoms with E-state index in [2.05, 4.69) is 54.5 Å². The molecule has 0 amide bonds. The number of fused-ring (bicyclic) bond motifs is 7. The zero-order valence-corrected chi connectivity index (χ0v) is 27.6. The lowest BCUT2D eigenvalue weighted by Gasteiger charge is -2.71. The maximum Gasteiger partial charge on any atom is 0.138 e. The van der Waals surface area contributed by atoms with Gasteiger partial charge in [-0.05, 0) is 97.2 Å². The smallest absolute Gasteiger partial charge is 0.138 e. The van der Waals surface area contributed by atoms with Crippen LogP contribution >= 0.6 is 0 Å². The van der Waals surface area contributed by atoms with Gasteiger partial charge in [0.2, 0.25) is 0 Å². The highest BCUT2D eigenvalue weighted by molar-refractivity contribution is 5.85. The first-order valence-electron chi connectivity index (χ1n) is 17.1. The van der Waals surface area contributed by atoms with Gasteiger partial charge >= 0.3 is 0 Å². The molecule has 0 aromatic rings. The Balaban J connectivity index is 1.40. The Labute approximate surface area is 258 Å².